The molecule has 1 aliphatic rings. The van der Waals surface area contributed by atoms with Gasteiger partial charge >= 0.3 is 6.36 Å². The van der Waals surface area contributed by atoms with Crippen molar-refractivity contribution in [3.8, 4) is 11.5 Å². The van der Waals surface area contributed by atoms with Crippen LogP contribution >= 0.6 is 0 Å². The van der Waals surface area contributed by atoms with Gasteiger partial charge in [0.1, 0.15) is 11.7 Å². The maximum atomic E-state index is 12.1. The monoisotopic (exact) mass is 320 g/mol. The van der Waals surface area contributed by atoms with E-state index in [0.717, 1.165) is 12.1 Å². The fourth-order valence-corrected chi connectivity index (χ4v) is 1.81. The summed E-state index contributed by atoms with van der Waals surface area (Å²) in [4.78, 5) is 27.8. The Bertz CT molecular complexity index is 578. The number of carbonyl (C=O) groups is 2. The van der Waals surface area contributed by atoms with E-state index in [-0.39, 0.29) is 12.3 Å². The van der Waals surface area contributed by atoms with Gasteiger partial charge in [0.15, 0.2) is 5.75 Å². The predicted octanol–water partition coefficient (Wildman–Crippen LogP) is 0.102. The topological polar surface area (TPSA) is 96.9 Å². The molecule has 0 aromatic heterocycles. The molecule has 3 N–H and O–H groups in total. The van der Waals surface area contributed by atoms with Crippen molar-refractivity contribution in [1.29, 1.82) is 0 Å². The molecule has 1 saturated heterocycles. The van der Waals surface area contributed by atoms with E-state index >= 15 is 0 Å². The molecule has 7 nitrogen and oxygen atoms in total. The smallest absolute Gasteiger partial charge is 0.406 e. The largest absolute Gasteiger partial charge is 0.573 e. The first-order chi connectivity index (χ1) is 10.3. The first-order valence-electron chi connectivity index (χ1n) is 6.04. The van der Waals surface area contributed by atoms with Crippen molar-refractivity contribution in [3.63, 3.8) is 0 Å². The van der Waals surface area contributed by atoms with Gasteiger partial charge in [-0.25, -0.2) is 0 Å². The van der Waals surface area contributed by atoms with Gasteiger partial charge < -0.3 is 20.0 Å². The summed E-state index contributed by atoms with van der Waals surface area (Å²) in [6.45, 7) is -0.0637. The Morgan fingerprint density at radius 1 is 1.36 bits per heavy atom. The number of hydroxylamine groups is 1. The average molecular weight is 320 g/mol. The predicted molar refractivity (Wildman–Crippen MR) is 64.4 cm³/mol. The highest BCUT2D eigenvalue weighted by Crippen LogP contribution is 2.25. The lowest BCUT2D eigenvalue weighted by molar-refractivity contribution is -0.274. The summed E-state index contributed by atoms with van der Waals surface area (Å²) < 4.78 is 39.9. The van der Waals surface area contributed by atoms with Crippen LogP contribution in [0.25, 0.3) is 0 Å². The molecule has 0 saturated carbocycles. The van der Waals surface area contributed by atoms with Gasteiger partial charge in [-0.3, -0.25) is 9.59 Å². The van der Waals surface area contributed by atoms with Gasteiger partial charge in [-0.15, -0.1) is 13.2 Å². The van der Waals surface area contributed by atoms with Gasteiger partial charge in [0.05, 0.1) is 6.10 Å². The summed E-state index contributed by atoms with van der Waals surface area (Å²) in [7, 11) is 0. The van der Waals surface area contributed by atoms with Crippen LogP contribution in [0.5, 0.6) is 11.5 Å². The number of halogens is 3. The van der Waals surface area contributed by atoms with Crippen molar-refractivity contribution in [3.05, 3.63) is 24.3 Å². The number of β-amino-alcohol motifs (C(OH)–C–C–N with tert-alkyl or cyclic N) is 1. The first-order valence-corrected chi connectivity index (χ1v) is 6.04. The molecule has 120 valence electrons. The summed E-state index contributed by atoms with van der Waals surface area (Å²) >= 11 is 0. The third-order valence-electron chi connectivity index (χ3n) is 2.74. The van der Waals surface area contributed by atoms with Crippen molar-refractivity contribution in [2.45, 2.75) is 12.5 Å². The van der Waals surface area contributed by atoms with Gasteiger partial charge in [0.2, 0.25) is 5.91 Å². The van der Waals surface area contributed by atoms with Crippen LogP contribution in [0, 0.1) is 5.92 Å². The molecule has 2 atom stereocenters. The van der Waals surface area contributed by atoms with Crippen molar-refractivity contribution in [2.24, 2.45) is 5.92 Å². The number of nitrogens with one attached hydrogen (secondary N) is 2. The third-order valence-corrected chi connectivity index (χ3v) is 2.74. The maximum Gasteiger partial charge on any atom is 0.573 e. The van der Waals surface area contributed by atoms with E-state index in [4.69, 9.17) is 4.84 Å². The molecule has 2 unspecified atom stereocenters. The number of hydrogen-bond acceptors (Lipinski definition) is 5. The Balaban J connectivity index is 1.95. The second-order valence-corrected chi connectivity index (χ2v) is 4.38. The second kappa shape index (κ2) is 6.10. The normalized spacial score (nSPS) is 21.2. The zero-order chi connectivity index (χ0) is 16.3. The number of amides is 2. The molecule has 1 heterocycles. The Labute approximate surface area is 122 Å². The summed E-state index contributed by atoms with van der Waals surface area (Å²) in [6, 6.07) is 4.45. The minimum Gasteiger partial charge on any atom is -0.406 e. The number of alkyl halides is 3. The highest BCUT2D eigenvalue weighted by atomic mass is 19.4. The molecular weight excluding hydrogens is 309 g/mol. The van der Waals surface area contributed by atoms with E-state index in [1.807, 2.05) is 5.48 Å². The van der Waals surface area contributed by atoms with E-state index in [2.05, 4.69) is 10.1 Å². The summed E-state index contributed by atoms with van der Waals surface area (Å²) in [5.74, 6) is -3.58. The molecule has 1 fully saturated rings. The number of carbonyl (C=O) groups excluding carboxylic acids is 2. The fourth-order valence-electron chi connectivity index (χ4n) is 1.81. The van der Waals surface area contributed by atoms with E-state index in [0.29, 0.717) is 0 Å². The number of ether oxygens (including phenoxy) is 1. The molecule has 1 aromatic rings. The Morgan fingerprint density at radius 2 is 2.05 bits per heavy atom. The van der Waals surface area contributed by atoms with Crippen LogP contribution < -0.4 is 20.4 Å². The Kier molecular flexibility index (Phi) is 4.40. The minimum absolute atomic E-state index is 0.0637. The highest BCUT2D eigenvalue weighted by molar-refractivity contribution is 6.02. The van der Waals surface area contributed by atoms with Crippen LogP contribution in [0.2, 0.25) is 0 Å². The quantitative estimate of drug-likeness (QED) is 0.540. The van der Waals surface area contributed by atoms with Crippen LogP contribution in [0.1, 0.15) is 0 Å². The number of aliphatic hydroxyl groups is 1. The van der Waals surface area contributed by atoms with Crippen molar-refractivity contribution in [1.82, 2.24) is 10.8 Å². The van der Waals surface area contributed by atoms with Crippen LogP contribution in [0.4, 0.5) is 13.2 Å². The van der Waals surface area contributed by atoms with E-state index in [1.165, 1.54) is 12.1 Å². The standard InChI is InChI=1S/C12H11F3N2O5/c13-12(14,15)21-6-2-1-3-7(4-6)22-17-11(20)9-8(18)5-16-10(9)19/h1-4,8-9,18H,5H2,(H,16,19)(H,17,20). The van der Waals surface area contributed by atoms with Gasteiger partial charge in [-0.05, 0) is 12.1 Å². The van der Waals surface area contributed by atoms with Crippen LogP contribution in [-0.2, 0) is 9.59 Å². The minimum atomic E-state index is -4.85. The number of hydrogen-bond donors (Lipinski definition) is 3. The first kappa shape index (κ1) is 15.9. The fraction of sp³-hybridized carbons (Fsp3) is 0.333. The van der Waals surface area contributed by atoms with Gasteiger partial charge in [-0.1, -0.05) is 6.07 Å². The third kappa shape index (κ3) is 4.01. The Hall–Kier alpha value is -2.49. The molecule has 2 amide bonds. The number of aliphatic hydroxyl groups excluding tert-OH is 1. The van der Waals surface area contributed by atoms with Gasteiger partial charge in [0.25, 0.3) is 5.91 Å². The average Bonchev–Trinajstić information content (AvgIpc) is 2.74. The van der Waals surface area contributed by atoms with Crippen molar-refractivity contribution >= 4 is 11.8 Å². The molecule has 22 heavy (non-hydrogen) atoms. The lowest BCUT2D eigenvalue weighted by atomic mass is 10.1. The van der Waals surface area contributed by atoms with E-state index in [9.17, 15) is 27.9 Å². The SMILES string of the molecule is O=C1NCC(O)C1C(=O)NOc1cccc(OC(F)(F)F)c1. The second-order valence-electron chi connectivity index (χ2n) is 4.38. The van der Waals surface area contributed by atoms with Crippen LogP contribution in [0.3, 0.4) is 0 Å². The summed E-state index contributed by atoms with van der Waals surface area (Å²) in [5, 5.41) is 11.7. The molecule has 1 aromatic carbocycles. The summed E-state index contributed by atoms with van der Waals surface area (Å²) in [6.07, 6.45) is -6.05. The zero-order valence-electron chi connectivity index (χ0n) is 10.9. The molecule has 10 heteroatoms. The lowest BCUT2D eigenvalue weighted by Gasteiger charge is -2.13. The lowest BCUT2D eigenvalue weighted by Crippen LogP contribution is -2.40. The van der Waals surface area contributed by atoms with E-state index < -0.39 is 35.9 Å². The number of rotatable bonds is 4. The molecular formula is C12H11F3N2O5. The summed E-state index contributed by atoms with van der Waals surface area (Å²) in [5.41, 5.74) is 1.90. The van der Waals surface area contributed by atoms with Crippen molar-refractivity contribution in [2.75, 3.05) is 6.54 Å². The Morgan fingerprint density at radius 3 is 2.64 bits per heavy atom. The van der Waals surface area contributed by atoms with E-state index in [1.54, 1.807) is 0 Å². The van der Waals surface area contributed by atoms with Crippen LogP contribution in [-0.4, -0.2) is 35.9 Å². The molecule has 0 spiro atoms. The number of benzene rings is 1. The molecule has 0 aliphatic carbocycles. The van der Waals surface area contributed by atoms with Crippen LogP contribution in [0.15, 0.2) is 24.3 Å². The molecule has 0 bridgehead atoms. The molecule has 0 radical (unpaired) electrons. The molecule has 1 aliphatic heterocycles. The molecule has 2 rings (SSSR count). The zero-order valence-corrected chi connectivity index (χ0v) is 10.9. The van der Waals surface area contributed by atoms with Gasteiger partial charge in [-0.2, -0.15) is 5.48 Å². The van der Waals surface area contributed by atoms with Crippen molar-refractivity contribution < 1.29 is 37.4 Å². The maximum absolute atomic E-state index is 12.1. The highest BCUT2D eigenvalue weighted by Gasteiger charge is 2.39. The van der Waals surface area contributed by atoms with Gasteiger partial charge in [0, 0.05) is 12.6 Å².